The van der Waals surface area contributed by atoms with Gasteiger partial charge >= 0.3 is 0 Å². The number of rotatable bonds is 5. The Hall–Kier alpha value is -2.82. The number of anilines is 1. The Labute approximate surface area is 148 Å². The van der Waals surface area contributed by atoms with Gasteiger partial charge in [0, 0.05) is 39.8 Å². The van der Waals surface area contributed by atoms with Crippen LogP contribution < -0.4 is 4.90 Å². The van der Waals surface area contributed by atoms with E-state index >= 15 is 0 Å². The fourth-order valence-corrected chi connectivity index (χ4v) is 2.82. The van der Waals surface area contributed by atoms with Gasteiger partial charge in [0.05, 0.1) is 0 Å². The number of benzene rings is 2. The van der Waals surface area contributed by atoms with Crippen LogP contribution in [0.1, 0.15) is 23.7 Å². The third-order valence-corrected chi connectivity index (χ3v) is 4.31. The first kappa shape index (κ1) is 17.0. The molecule has 5 heteroatoms. The molecule has 1 aliphatic heterocycles. The summed E-state index contributed by atoms with van der Waals surface area (Å²) >= 11 is 0. The first-order chi connectivity index (χ1) is 12.0. The number of oxime groups is 1. The highest BCUT2D eigenvalue weighted by atomic mass is 16.6. The van der Waals surface area contributed by atoms with Gasteiger partial charge in [-0.3, -0.25) is 4.79 Å². The minimum atomic E-state index is -0.173. The van der Waals surface area contributed by atoms with Gasteiger partial charge in [0.1, 0.15) is 5.71 Å². The topological polar surface area (TPSA) is 45.1 Å². The van der Waals surface area contributed by atoms with Crippen molar-refractivity contribution in [1.29, 1.82) is 0 Å². The molecule has 3 rings (SSSR count). The second kappa shape index (κ2) is 7.38. The highest BCUT2D eigenvalue weighted by Gasteiger charge is 2.29. The molecule has 0 fully saturated rings. The Morgan fingerprint density at radius 2 is 1.76 bits per heavy atom. The average molecular weight is 337 g/mol. The summed E-state index contributed by atoms with van der Waals surface area (Å²) in [6.45, 7) is 0.543. The zero-order chi connectivity index (χ0) is 17.8. The van der Waals surface area contributed by atoms with Crippen LogP contribution in [0.3, 0.4) is 0 Å². The lowest BCUT2D eigenvalue weighted by Crippen LogP contribution is -2.32. The van der Waals surface area contributed by atoms with E-state index in [2.05, 4.69) is 17.3 Å². The van der Waals surface area contributed by atoms with Crippen molar-refractivity contribution in [2.75, 3.05) is 26.0 Å². The molecule has 2 aromatic rings. The first-order valence-corrected chi connectivity index (χ1v) is 8.34. The maximum absolute atomic E-state index is 12.6. The van der Waals surface area contributed by atoms with Crippen LogP contribution in [0.5, 0.6) is 0 Å². The van der Waals surface area contributed by atoms with E-state index in [1.807, 2.05) is 61.5 Å². The normalized spacial score (nSPS) is 16.1. The molecule has 0 saturated carbocycles. The van der Waals surface area contributed by atoms with Crippen LogP contribution in [0.15, 0.2) is 59.8 Å². The van der Waals surface area contributed by atoms with E-state index in [1.54, 1.807) is 11.9 Å². The molecule has 1 amide bonds. The largest absolute Gasteiger partial charge is 0.387 e. The molecule has 0 unspecified atom stereocenters. The smallest absolute Gasteiger partial charge is 0.271 e. The summed E-state index contributed by atoms with van der Waals surface area (Å²) in [5, 5.41) is 4.01. The predicted molar refractivity (Wildman–Crippen MR) is 99.6 cm³/mol. The fourth-order valence-electron chi connectivity index (χ4n) is 2.82. The molecule has 0 N–H and O–H groups in total. The third kappa shape index (κ3) is 3.99. The van der Waals surface area contributed by atoms with Gasteiger partial charge in [0.25, 0.3) is 5.91 Å². The molecule has 25 heavy (non-hydrogen) atoms. The van der Waals surface area contributed by atoms with Gasteiger partial charge < -0.3 is 14.6 Å². The van der Waals surface area contributed by atoms with Crippen molar-refractivity contribution in [3.63, 3.8) is 0 Å². The maximum Gasteiger partial charge on any atom is 0.271 e. The van der Waals surface area contributed by atoms with Crippen LogP contribution in [0, 0.1) is 0 Å². The summed E-state index contributed by atoms with van der Waals surface area (Å²) in [4.78, 5) is 21.8. The average Bonchev–Trinajstić information content (AvgIpc) is 3.12. The molecule has 1 aliphatic rings. The van der Waals surface area contributed by atoms with Crippen molar-refractivity contribution in [3.8, 4) is 0 Å². The van der Waals surface area contributed by atoms with E-state index in [0.29, 0.717) is 18.7 Å². The van der Waals surface area contributed by atoms with Gasteiger partial charge in [0.15, 0.2) is 6.10 Å². The number of amides is 1. The Kier molecular flexibility index (Phi) is 5.03. The highest BCUT2D eigenvalue weighted by Crippen LogP contribution is 2.27. The second-order valence-electron chi connectivity index (χ2n) is 6.47. The molecule has 2 aromatic carbocycles. The van der Waals surface area contributed by atoms with Crippen molar-refractivity contribution in [2.24, 2.45) is 5.16 Å². The van der Waals surface area contributed by atoms with E-state index in [1.165, 1.54) is 0 Å². The van der Waals surface area contributed by atoms with Crippen molar-refractivity contribution >= 4 is 17.3 Å². The highest BCUT2D eigenvalue weighted by molar-refractivity contribution is 6.38. The number of carbonyl (C=O) groups is 1. The fraction of sp³-hybridized carbons (Fsp3) is 0.300. The van der Waals surface area contributed by atoms with Gasteiger partial charge in [0.2, 0.25) is 0 Å². The molecular weight excluding hydrogens is 314 g/mol. The van der Waals surface area contributed by atoms with Crippen LogP contribution in [-0.4, -0.2) is 37.7 Å². The molecule has 0 aliphatic carbocycles. The summed E-state index contributed by atoms with van der Waals surface area (Å²) in [6.07, 6.45) is 0.333. The lowest BCUT2D eigenvalue weighted by atomic mass is 10.0. The quantitative estimate of drug-likeness (QED) is 0.841. The molecule has 1 heterocycles. The maximum atomic E-state index is 12.6. The van der Waals surface area contributed by atoms with E-state index < -0.39 is 0 Å². The molecular formula is C20H23N3O2. The molecule has 0 saturated heterocycles. The van der Waals surface area contributed by atoms with Crippen molar-refractivity contribution in [3.05, 3.63) is 65.7 Å². The number of hydrogen-bond acceptors (Lipinski definition) is 4. The van der Waals surface area contributed by atoms with E-state index in [4.69, 9.17) is 4.84 Å². The first-order valence-electron chi connectivity index (χ1n) is 8.34. The van der Waals surface area contributed by atoms with E-state index in [-0.39, 0.29) is 12.0 Å². The minimum Gasteiger partial charge on any atom is -0.387 e. The molecule has 0 spiro atoms. The molecule has 0 radical (unpaired) electrons. The van der Waals surface area contributed by atoms with E-state index in [0.717, 1.165) is 16.8 Å². The second-order valence-corrected chi connectivity index (χ2v) is 6.47. The van der Waals surface area contributed by atoms with Crippen LogP contribution in [0.25, 0.3) is 0 Å². The zero-order valence-corrected chi connectivity index (χ0v) is 14.8. The van der Waals surface area contributed by atoms with Crippen molar-refractivity contribution < 1.29 is 9.63 Å². The number of hydrogen-bond donors (Lipinski definition) is 0. The lowest BCUT2D eigenvalue weighted by Gasteiger charge is -2.18. The SMILES string of the molecule is CN(Cc1ccc(N(C)C)cc1)C(=O)C1=NO[C@@H](c2ccccc2)C1. The Morgan fingerprint density at radius 3 is 2.40 bits per heavy atom. The lowest BCUT2D eigenvalue weighted by molar-refractivity contribution is -0.123. The predicted octanol–water partition coefficient (Wildman–Crippen LogP) is 3.23. The van der Waals surface area contributed by atoms with Gasteiger partial charge in [-0.05, 0) is 23.3 Å². The molecule has 130 valence electrons. The van der Waals surface area contributed by atoms with Crippen LogP contribution >= 0.6 is 0 Å². The molecule has 1 atom stereocenters. The molecule has 0 bridgehead atoms. The number of carbonyl (C=O) groups excluding carboxylic acids is 1. The van der Waals surface area contributed by atoms with Crippen LogP contribution in [0.2, 0.25) is 0 Å². The monoisotopic (exact) mass is 337 g/mol. The van der Waals surface area contributed by atoms with Crippen LogP contribution in [0.4, 0.5) is 5.69 Å². The van der Waals surface area contributed by atoms with Gasteiger partial charge in [-0.1, -0.05) is 47.6 Å². The summed E-state index contributed by atoms with van der Waals surface area (Å²) in [6, 6.07) is 18.0. The number of nitrogens with zero attached hydrogens (tertiary/aromatic N) is 3. The standard InChI is InChI=1S/C20H23N3O2/c1-22(2)17-11-9-15(10-12-17)14-23(3)20(24)18-13-19(25-21-18)16-7-5-4-6-8-16/h4-12,19H,13-14H2,1-3H3/t19-/m1/s1. The van der Waals surface area contributed by atoms with Gasteiger partial charge in [-0.15, -0.1) is 0 Å². The van der Waals surface area contributed by atoms with Crippen molar-refractivity contribution in [1.82, 2.24) is 4.90 Å². The Morgan fingerprint density at radius 1 is 1.08 bits per heavy atom. The summed E-state index contributed by atoms with van der Waals surface area (Å²) in [5.41, 5.74) is 3.73. The Bertz CT molecular complexity index is 754. The summed E-state index contributed by atoms with van der Waals surface area (Å²) in [7, 11) is 5.80. The summed E-state index contributed by atoms with van der Waals surface area (Å²) in [5.74, 6) is -0.0879. The van der Waals surface area contributed by atoms with Gasteiger partial charge in [-0.2, -0.15) is 0 Å². The van der Waals surface area contributed by atoms with E-state index in [9.17, 15) is 4.79 Å². The Balaban J connectivity index is 1.59. The third-order valence-electron chi connectivity index (χ3n) is 4.31. The molecule has 0 aromatic heterocycles. The zero-order valence-electron chi connectivity index (χ0n) is 14.8. The molecule has 5 nitrogen and oxygen atoms in total. The van der Waals surface area contributed by atoms with Crippen molar-refractivity contribution in [2.45, 2.75) is 19.1 Å². The van der Waals surface area contributed by atoms with Crippen LogP contribution in [-0.2, 0) is 16.2 Å². The summed E-state index contributed by atoms with van der Waals surface area (Å²) < 4.78 is 0. The minimum absolute atomic E-state index is 0.0879. The van der Waals surface area contributed by atoms with Gasteiger partial charge in [-0.25, -0.2) is 0 Å².